The van der Waals surface area contributed by atoms with Crippen molar-refractivity contribution in [2.75, 3.05) is 0 Å². The third-order valence-corrected chi connectivity index (χ3v) is 2.96. The zero-order chi connectivity index (χ0) is 8.43. The molecule has 0 radical (unpaired) electrons. The second-order valence-corrected chi connectivity index (χ2v) is 3.70. The molecule has 1 N–H and O–H groups in total. The van der Waals surface area contributed by atoms with E-state index in [1.807, 2.05) is 6.92 Å². The lowest BCUT2D eigenvalue weighted by Gasteiger charge is -2.18. The Morgan fingerprint density at radius 1 is 1.55 bits per heavy atom. The fraction of sp³-hybridized carbons (Fsp3) is 0.889. The molecule has 0 saturated heterocycles. The first-order valence-corrected chi connectivity index (χ1v) is 4.35. The van der Waals surface area contributed by atoms with Crippen LogP contribution in [0.5, 0.6) is 0 Å². The number of aliphatic carboxylic acids is 1. The van der Waals surface area contributed by atoms with Gasteiger partial charge in [0.15, 0.2) is 0 Å². The van der Waals surface area contributed by atoms with E-state index in [2.05, 4.69) is 6.92 Å². The van der Waals surface area contributed by atoms with E-state index < -0.39 is 5.97 Å². The Balaban J connectivity index is 2.52. The minimum atomic E-state index is -0.635. The van der Waals surface area contributed by atoms with E-state index in [-0.39, 0.29) is 5.92 Å². The van der Waals surface area contributed by atoms with Crippen molar-refractivity contribution in [3.63, 3.8) is 0 Å². The molecular weight excluding hydrogens is 140 g/mol. The average Bonchev–Trinajstić information content (AvgIpc) is 2.33. The smallest absolute Gasteiger partial charge is 0.306 e. The lowest BCUT2D eigenvalue weighted by Crippen LogP contribution is -2.22. The summed E-state index contributed by atoms with van der Waals surface area (Å²) in [6, 6.07) is 0. The zero-order valence-electron chi connectivity index (χ0n) is 7.21. The number of rotatable bonds is 2. The summed E-state index contributed by atoms with van der Waals surface area (Å²) in [4.78, 5) is 10.6. The Bertz CT molecular complexity index is 154. The van der Waals surface area contributed by atoms with Crippen LogP contribution in [0.3, 0.4) is 0 Å². The summed E-state index contributed by atoms with van der Waals surface area (Å²) in [5.74, 6) is 0.254. The normalized spacial score (nSPS) is 33.6. The highest BCUT2D eigenvalue weighted by Gasteiger charge is 2.31. The second-order valence-electron chi connectivity index (χ2n) is 3.70. The van der Waals surface area contributed by atoms with Gasteiger partial charge in [0.05, 0.1) is 5.92 Å². The molecule has 0 spiro atoms. The van der Waals surface area contributed by atoms with E-state index in [0.717, 1.165) is 6.42 Å². The van der Waals surface area contributed by atoms with E-state index in [1.165, 1.54) is 12.8 Å². The first-order chi connectivity index (χ1) is 5.13. The van der Waals surface area contributed by atoms with Crippen molar-refractivity contribution in [2.45, 2.75) is 33.1 Å². The summed E-state index contributed by atoms with van der Waals surface area (Å²) >= 11 is 0. The quantitative estimate of drug-likeness (QED) is 0.665. The summed E-state index contributed by atoms with van der Waals surface area (Å²) in [5, 5.41) is 8.76. The maximum Gasteiger partial charge on any atom is 0.306 e. The molecule has 0 heterocycles. The zero-order valence-corrected chi connectivity index (χ0v) is 7.21. The molecule has 2 nitrogen and oxygen atoms in total. The van der Waals surface area contributed by atoms with Gasteiger partial charge in [-0.3, -0.25) is 4.79 Å². The predicted molar refractivity (Wildman–Crippen MR) is 43.3 cm³/mol. The van der Waals surface area contributed by atoms with Gasteiger partial charge in [-0.2, -0.15) is 0 Å². The van der Waals surface area contributed by atoms with Gasteiger partial charge in [0.25, 0.3) is 0 Å². The van der Waals surface area contributed by atoms with Gasteiger partial charge in [-0.05, 0) is 18.3 Å². The van der Waals surface area contributed by atoms with Crippen LogP contribution in [-0.4, -0.2) is 11.1 Å². The minimum Gasteiger partial charge on any atom is -0.481 e. The van der Waals surface area contributed by atoms with Crippen LogP contribution in [0.4, 0.5) is 0 Å². The Morgan fingerprint density at radius 2 is 2.18 bits per heavy atom. The molecule has 3 unspecified atom stereocenters. The molecule has 0 aliphatic heterocycles. The van der Waals surface area contributed by atoms with Crippen LogP contribution in [0.15, 0.2) is 0 Å². The molecule has 1 fully saturated rings. The number of hydrogen-bond donors (Lipinski definition) is 1. The van der Waals surface area contributed by atoms with E-state index >= 15 is 0 Å². The van der Waals surface area contributed by atoms with Crippen LogP contribution in [0.1, 0.15) is 33.1 Å². The van der Waals surface area contributed by atoms with Gasteiger partial charge in [-0.15, -0.1) is 0 Å². The molecule has 2 heteroatoms. The van der Waals surface area contributed by atoms with Crippen molar-refractivity contribution >= 4 is 5.97 Å². The topological polar surface area (TPSA) is 37.3 Å². The highest BCUT2D eigenvalue weighted by molar-refractivity contribution is 5.69. The Morgan fingerprint density at radius 3 is 2.55 bits per heavy atom. The van der Waals surface area contributed by atoms with E-state index in [1.54, 1.807) is 0 Å². The molecule has 0 aromatic heterocycles. The fourth-order valence-corrected chi connectivity index (χ4v) is 2.10. The van der Waals surface area contributed by atoms with E-state index in [4.69, 9.17) is 5.11 Å². The molecule has 1 aliphatic carbocycles. The number of carboxylic acids is 1. The van der Waals surface area contributed by atoms with Gasteiger partial charge < -0.3 is 5.11 Å². The largest absolute Gasteiger partial charge is 0.481 e. The summed E-state index contributed by atoms with van der Waals surface area (Å²) in [6.45, 7) is 3.99. The molecule has 0 amide bonds. The molecule has 64 valence electrons. The minimum absolute atomic E-state index is 0.146. The highest BCUT2D eigenvalue weighted by Crippen LogP contribution is 2.36. The molecule has 1 aliphatic rings. The van der Waals surface area contributed by atoms with Crippen molar-refractivity contribution < 1.29 is 9.90 Å². The lowest BCUT2D eigenvalue weighted by molar-refractivity contribution is -0.143. The summed E-state index contributed by atoms with van der Waals surface area (Å²) in [7, 11) is 0. The second kappa shape index (κ2) is 3.24. The maximum atomic E-state index is 10.6. The predicted octanol–water partition coefficient (Wildman–Crippen LogP) is 2.14. The van der Waals surface area contributed by atoms with Crippen LogP contribution in [-0.2, 0) is 4.79 Å². The number of hydrogen-bond acceptors (Lipinski definition) is 1. The van der Waals surface area contributed by atoms with Gasteiger partial charge in [0.2, 0.25) is 0 Å². The van der Waals surface area contributed by atoms with Crippen LogP contribution in [0.2, 0.25) is 0 Å². The molecular formula is C9H16O2. The van der Waals surface area contributed by atoms with E-state index in [0.29, 0.717) is 11.8 Å². The van der Waals surface area contributed by atoms with Crippen molar-refractivity contribution in [2.24, 2.45) is 17.8 Å². The summed E-state index contributed by atoms with van der Waals surface area (Å²) < 4.78 is 0. The van der Waals surface area contributed by atoms with Crippen molar-refractivity contribution in [1.82, 2.24) is 0 Å². The van der Waals surface area contributed by atoms with Gasteiger partial charge in [-0.25, -0.2) is 0 Å². The highest BCUT2D eigenvalue weighted by atomic mass is 16.4. The maximum absolute atomic E-state index is 10.6. The lowest BCUT2D eigenvalue weighted by atomic mass is 9.86. The Labute approximate surface area is 67.6 Å². The summed E-state index contributed by atoms with van der Waals surface area (Å²) in [6.07, 6.45) is 3.53. The summed E-state index contributed by atoms with van der Waals surface area (Å²) in [5.41, 5.74) is 0. The third kappa shape index (κ3) is 1.73. The van der Waals surface area contributed by atoms with Crippen LogP contribution in [0, 0.1) is 17.8 Å². The van der Waals surface area contributed by atoms with Gasteiger partial charge in [0, 0.05) is 0 Å². The molecule has 11 heavy (non-hydrogen) atoms. The molecule has 0 aromatic rings. The molecule has 1 rings (SSSR count). The average molecular weight is 156 g/mol. The molecule has 3 atom stereocenters. The SMILES string of the molecule is CC1CCCC1C(C)C(=O)O. The molecule has 0 aromatic carbocycles. The standard InChI is InChI=1S/C9H16O2/c1-6-4-3-5-8(6)7(2)9(10)11/h6-8H,3-5H2,1-2H3,(H,10,11). The Kier molecular flexibility index (Phi) is 2.53. The molecule has 1 saturated carbocycles. The van der Waals surface area contributed by atoms with Crippen LogP contribution >= 0.6 is 0 Å². The molecule has 0 bridgehead atoms. The number of carboxylic acid groups (broad SMARTS) is 1. The third-order valence-electron chi connectivity index (χ3n) is 2.96. The van der Waals surface area contributed by atoms with Crippen LogP contribution < -0.4 is 0 Å². The first-order valence-electron chi connectivity index (χ1n) is 4.35. The van der Waals surface area contributed by atoms with Gasteiger partial charge in [-0.1, -0.05) is 26.7 Å². The first kappa shape index (κ1) is 8.57. The Hall–Kier alpha value is -0.530. The monoisotopic (exact) mass is 156 g/mol. The van der Waals surface area contributed by atoms with Gasteiger partial charge >= 0.3 is 5.97 Å². The van der Waals surface area contributed by atoms with Crippen molar-refractivity contribution in [3.05, 3.63) is 0 Å². The van der Waals surface area contributed by atoms with Crippen molar-refractivity contribution in [1.29, 1.82) is 0 Å². The van der Waals surface area contributed by atoms with Gasteiger partial charge in [0.1, 0.15) is 0 Å². The van der Waals surface area contributed by atoms with Crippen molar-refractivity contribution in [3.8, 4) is 0 Å². The number of carbonyl (C=O) groups is 1. The van der Waals surface area contributed by atoms with Crippen LogP contribution in [0.25, 0.3) is 0 Å². The van der Waals surface area contributed by atoms with E-state index in [9.17, 15) is 4.79 Å². The fourth-order valence-electron chi connectivity index (χ4n) is 2.10.